The molecule has 0 aliphatic rings. The van der Waals surface area contributed by atoms with Gasteiger partial charge in [0.1, 0.15) is 11.2 Å². The molecular formula is C16H27N3O4. The first-order valence-electron chi connectivity index (χ1n) is 7.58. The Bertz CT molecular complexity index is 565. The van der Waals surface area contributed by atoms with Crippen LogP contribution in [0.3, 0.4) is 0 Å². The number of amides is 1. The Morgan fingerprint density at radius 1 is 1.22 bits per heavy atom. The summed E-state index contributed by atoms with van der Waals surface area (Å²) in [7, 11) is 1.33. The zero-order valence-electron chi connectivity index (χ0n) is 15.0. The van der Waals surface area contributed by atoms with Crippen LogP contribution in [0.5, 0.6) is 0 Å². The van der Waals surface area contributed by atoms with Gasteiger partial charge in [-0.1, -0.05) is 0 Å². The molecule has 130 valence electrons. The number of alkyl carbamates (subject to hydrolysis) is 1. The van der Waals surface area contributed by atoms with Gasteiger partial charge in [-0.05, 0) is 41.5 Å². The number of hydrogen-bond acceptors (Lipinski definition) is 5. The number of ether oxygens (including phenoxy) is 2. The summed E-state index contributed by atoms with van der Waals surface area (Å²) in [5.74, 6) is -0.437. The van der Waals surface area contributed by atoms with Gasteiger partial charge in [-0.15, -0.1) is 0 Å². The van der Waals surface area contributed by atoms with Crippen LogP contribution in [-0.2, 0) is 21.4 Å². The monoisotopic (exact) mass is 325 g/mol. The fraction of sp³-hybridized carbons (Fsp3) is 0.688. The highest BCUT2D eigenvalue weighted by Crippen LogP contribution is 2.20. The quantitative estimate of drug-likeness (QED) is 0.860. The van der Waals surface area contributed by atoms with Gasteiger partial charge >= 0.3 is 12.1 Å². The summed E-state index contributed by atoms with van der Waals surface area (Å²) in [6, 6.07) is 0. The van der Waals surface area contributed by atoms with E-state index in [1.165, 1.54) is 13.3 Å². The molecule has 7 heteroatoms. The number of rotatable bonds is 4. The lowest BCUT2D eigenvalue weighted by molar-refractivity contribution is 0.0528. The molecule has 23 heavy (non-hydrogen) atoms. The van der Waals surface area contributed by atoms with E-state index in [1.54, 1.807) is 25.5 Å². The van der Waals surface area contributed by atoms with Crippen LogP contribution in [-0.4, -0.2) is 41.1 Å². The molecule has 0 bridgehead atoms. The number of aromatic nitrogens is 2. The lowest BCUT2D eigenvalue weighted by atomic mass is 10.1. The van der Waals surface area contributed by atoms with Crippen LogP contribution in [0.4, 0.5) is 4.79 Å². The molecule has 1 heterocycles. The van der Waals surface area contributed by atoms with Gasteiger partial charge in [0.15, 0.2) is 0 Å². The SMILES string of the molecule is COC(=O)c1cnn(C(C)(C)C)c1CCNC(=O)OC(C)(C)C. The van der Waals surface area contributed by atoms with Gasteiger partial charge in [0.25, 0.3) is 0 Å². The molecule has 0 saturated carbocycles. The summed E-state index contributed by atoms with van der Waals surface area (Å²) in [5, 5.41) is 6.97. The third kappa shape index (κ3) is 5.58. The number of nitrogens with one attached hydrogen (secondary N) is 1. The first-order valence-corrected chi connectivity index (χ1v) is 7.58. The minimum atomic E-state index is -0.547. The summed E-state index contributed by atoms with van der Waals surface area (Å²) >= 11 is 0. The maximum absolute atomic E-state index is 11.9. The molecule has 1 aromatic heterocycles. The van der Waals surface area contributed by atoms with Crippen LogP contribution in [0.2, 0.25) is 0 Å². The zero-order chi connectivity index (χ0) is 17.8. The highest BCUT2D eigenvalue weighted by Gasteiger charge is 2.24. The zero-order valence-corrected chi connectivity index (χ0v) is 15.0. The third-order valence-corrected chi connectivity index (χ3v) is 2.94. The normalized spacial score (nSPS) is 12.0. The molecule has 0 fully saturated rings. The van der Waals surface area contributed by atoms with E-state index >= 15 is 0 Å². The highest BCUT2D eigenvalue weighted by atomic mass is 16.6. The third-order valence-electron chi connectivity index (χ3n) is 2.94. The molecule has 1 rings (SSSR count). The lowest BCUT2D eigenvalue weighted by Gasteiger charge is -2.23. The summed E-state index contributed by atoms with van der Waals surface area (Å²) in [4.78, 5) is 23.6. The second-order valence-electron chi connectivity index (χ2n) is 7.26. The molecule has 0 aliphatic carbocycles. The molecule has 0 aromatic carbocycles. The molecule has 0 saturated heterocycles. The van der Waals surface area contributed by atoms with E-state index in [9.17, 15) is 9.59 Å². The Morgan fingerprint density at radius 3 is 2.30 bits per heavy atom. The Hall–Kier alpha value is -2.05. The number of esters is 1. The van der Waals surface area contributed by atoms with Gasteiger partial charge in [-0.2, -0.15) is 5.10 Å². The van der Waals surface area contributed by atoms with Crippen LogP contribution < -0.4 is 5.32 Å². The summed E-state index contributed by atoms with van der Waals surface area (Å²) in [5.41, 5.74) is 0.302. The second kappa shape index (κ2) is 7.02. The van der Waals surface area contributed by atoms with Crippen molar-refractivity contribution >= 4 is 12.1 Å². The van der Waals surface area contributed by atoms with E-state index in [4.69, 9.17) is 9.47 Å². The fourth-order valence-electron chi connectivity index (χ4n) is 2.07. The number of methoxy groups -OCH3 is 1. The van der Waals surface area contributed by atoms with Crippen LogP contribution in [0.25, 0.3) is 0 Å². The van der Waals surface area contributed by atoms with Gasteiger partial charge in [0.2, 0.25) is 0 Å². The van der Waals surface area contributed by atoms with Crippen LogP contribution in [0.1, 0.15) is 57.6 Å². The Balaban J connectivity index is 2.84. The van der Waals surface area contributed by atoms with E-state index < -0.39 is 17.7 Å². The minimum absolute atomic E-state index is 0.284. The van der Waals surface area contributed by atoms with Crippen LogP contribution in [0, 0.1) is 0 Å². The van der Waals surface area contributed by atoms with Crippen molar-refractivity contribution in [3.8, 4) is 0 Å². The molecule has 0 unspecified atom stereocenters. The molecule has 0 spiro atoms. The lowest BCUT2D eigenvalue weighted by Crippen LogP contribution is -2.34. The largest absolute Gasteiger partial charge is 0.465 e. The first-order chi connectivity index (χ1) is 10.5. The number of nitrogens with zero attached hydrogens (tertiary/aromatic N) is 2. The van der Waals surface area contributed by atoms with Crippen molar-refractivity contribution in [2.75, 3.05) is 13.7 Å². The summed E-state index contributed by atoms with van der Waals surface area (Å²) in [6.07, 6.45) is 1.46. The average Bonchev–Trinajstić information content (AvgIpc) is 2.79. The minimum Gasteiger partial charge on any atom is -0.465 e. The Labute approximate surface area is 137 Å². The van der Waals surface area contributed by atoms with Crippen molar-refractivity contribution in [3.05, 3.63) is 17.5 Å². The van der Waals surface area contributed by atoms with E-state index in [-0.39, 0.29) is 5.54 Å². The first kappa shape index (κ1) is 19.0. The Morgan fingerprint density at radius 2 is 1.83 bits per heavy atom. The van der Waals surface area contributed by atoms with E-state index in [0.717, 1.165) is 5.69 Å². The second-order valence-corrected chi connectivity index (χ2v) is 7.26. The van der Waals surface area contributed by atoms with Crippen molar-refractivity contribution in [2.24, 2.45) is 0 Å². The van der Waals surface area contributed by atoms with Crippen molar-refractivity contribution < 1.29 is 19.1 Å². The molecule has 7 nitrogen and oxygen atoms in total. The van der Waals surface area contributed by atoms with Gasteiger partial charge in [0, 0.05) is 13.0 Å². The van der Waals surface area contributed by atoms with Crippen molar-refractivity contribution in [2.45, 2.75) is 59.1 Å². The molecule has 1 amide bonds. The van der Waals surface area contributed by atoms with E-state index in [0.29, 0.717) is 18.5 Å². The van der Waals surface area contributed by atoms with E-state index in [1.807, 2.05) is 20.8 Å². The maximum Gasteiger partial charge on any atom is 0.407 e. The van der Waals surface area contributed by atoms with Crippen LogP contribution in [0.15, 0.2) is 6.20 Å². The molecule has 1 N–H and O–H groups in total. The Kier molecular flexibility index (Phi) is 5.80. The standard InChI is InChI=1S/C16H27N3O4/c1-15(2,3)19-12(11(10-18-19)13(20)22-7)8-9-17-14(21)23-16(4,5)6/h10H,8-9H2,1-7H3,(H,17,21). The fourth-order valence-corrected chi connectivity index (χ4v) is 2.07. The molecule has 0 atom stereocenters. The number of carbonyl (C=O) groups is 2. The van der Waals surface area contributed by atoms with Gasteiger partial charge in [0.05, 0.1) is 24.5 Å². The summed E-state index contributed by atoms with van der Waals surface area (Å²) < 4.78 is 11.8. The van der Waals surface area contributed by atoms with Gasteiger partial charge in [-0.25, -0.2) is 9.59 Å². The van der Waals surface area contributed by atoms with Crippen molar-refractivity contribution in [1.29, 1.82) is 0 Å². The van der Waals surface area contributed by atoms with Gasteiger partial charge < -0.3 is 14.8 Å². The molecule has 0 aliphatic heterocycles. The molecule has 1 aromatic rings. The van der Waals surface area contributed by atoms with Crippen molar-refractivity contribution in [1.82, 2.24) is 15.1 Å². The summed E-state index contributed by atoms with van der Waals surface area (Å²) in [6.45, 7) is 11.7. The predicted octanol–water partition coefficient (Wildman–Crippen LogP) is 2.49. The van der Waals surface area contributed by atoms with Crippen molar-refractivity contribution in [3.63, 3.8) is 0 Å². The predicted molar refractivity (Wildman–Crippen MR) is 86.5 cm³/mol. The van der Waals surface area contributed by atoms with E-state index in [2.05, 4.69) is 10.4 Å². The topological polar surface area (TPSA) is 82.5 Å². The highest BCUT2D eigenvalue weighted by molar-refractivity contribution is 5.90. The number of hydrogen-bond donors (Lipinski definition) is 1. The smallest absolute Gasteiger partial charge is 0.407 e. The van der Waals surface area contributed by atoms with Crippen LogP contribution >= 0.6 is 0 Å². The number of carbonyl (C=O) groups excluding carboxylic acids is 2. The molecular weight excluding hydrogens is 298 g/mol. The van der Waals surface area contributed by atoms with Gasteiger partial charge in [-0.3, -0.25) is 4.68 Å². The average molecular weight is 325 g/mol. The maximum atomic E-state index is 11.9. The molecule has 0 radical (unpaired) electrons.